The van der Waals surface area contributed by atoms with Crippen molar-refractivity contribution >= 4 is 17.9 Å². The number of hydrogen-bond donors (Lipinski definition) is 0. The first-order valence-electron chi connectivity index (χ1n) is 34.4. The second-order valence-corrected chi connectivity index (χ2v) is 23.1. The highest BCUT2D eigenvalue weighted by atomic mass is 16.6. The van der Waals surface area contributed by atoms with Crippen molar-refractivity contribution in [1.29, 1.82) is 0 Å². The molecule has 0 aromatic carbocycles. The van der Waals surface area contributed by atoms with E-state index in [2.05, 4.69) is 93.7 Å². The SMILES string of the molecule is CCCCCCC/C=C\C/C=C\C/C=C\CCCCCCCCC(=O)OCC(COC(=O)CCCCCCCCCCC/C=C\CCCCCCCC)OC(=O)CCCCCCCCCCC/C=C\C/C=C\CCCCCCC. The van der Waals surface area contributed by atoms with Gasteiger partial charge in [-0.2, -0.15) is 0 Å². The molecule has 0 aliphatic carbocycles. The summed E-state index contributed by atoms with van der Waals surface area (Å²) < 4.78 is 17.0. The van der Waals surface area contributed by atoms with Gasteiger partial charge in [0.2, 0.25) is 0 Å². The van der Waals surface area contributed by atoms with Crippen LogP contribution in [0.1, 0.15) is 355 Å². The van der Waals surface area contributed by atoms with Crippen LogP contribution >= 0.6 is 0 Å². The molecule has 458 valence electrons. The van der Waals surface area contributed by atoms with Crippen molar-refractivity contribution in [2.75, 3.05) is 13.2 Å². The molecule has 0 rings (SSSR count). The van der Waals surface area contributed by atoms with E-state index in [1.807, 2.05) is 0 Å². The molecule has 0 aromatic rings. The standard InChI is InChI=1S/C73H130O6/c1-4-7-10-13-16-19-22-25-28-31-34-36-39-42-45-48-51-54-57-60-63-66-72(75)78-69-70(68-77-71(74)65-62-59-56-53-50-47-44-41-38-33-30-27-24-21-18-15-12-9-6-3)79-73(76)67-64-61-58-55-52-49-46-43-40-37-35-32-29-26-23-20-17-14-11-8-5-2/h22-23,25-27,30-32,34-35,39,42,70H,4-21,24,28-29,33,36-38,40-41,43-69H2,1-3H3/b25-22-,26-23-,30-27-,34-31-,35-32-,42-39-. The molecule has 0 heterocycles. The van der Waals surface area contributed by atoms with Crippen LogP contribution in [0.3, 0.4) is 0 Å². The lowest BCUT2D eigenvalue weighted by molar-refractivity contribution is -0.167. The van der Waals surface area contributed by atoms with Gasteiger partial charge >= 0.3 is 17.9 Å². The van der Waals surface area contributed by atoms with Gasteiger partial charge in [-0.1, -0.05) is 293 Å². The summed E-state index contributed by atoms with van der Waals surface area (Å²) in [5.74, 6) is -0.881. The summed E-state index contributed by atoms with van der Waals surface area (Å²) in [4.78, 5) is 38.5. The lowest BCUT2D eigenvalue weighted by Crippen LogP contribution is -2.30. The smallest absolute Gasteiger partial charge is 0.306 e. The highest BCUT2D eigenvalue weighted by Crippen LogP contribution is 2.17. The van der Waals surface area contributed by atoms with E-state index in [4.69, 9.17) is 14.2 Å². The van der Waals surface area contributed by atoms with E-state index in [1.165, 1.54) is 231 Å². The molecule has 6 nitrogen and oxygen atoms in total. The summed E-state index contributed by atoms with van der Waals surface area (Å²) >= 11 is 0. The first kappa shape index (κ1) is 75.8. The third kappa shape index (κ3) is 65.5. The Hall–Kier alpha value is -3.15. The highest BCUT2D eigenvalue weighted by Gasteiger charge is 2.19. The van der Waals surface area contributed by atoms with Crippen molar-refractivity contribution < 1.29 is 28.6 Å². The zero-order chi connectivity index (χ0) is 57.1. The Morgan fingerprint density at radius 3 is 0.722 bits per heavy atom. The van der Waals surface area contributed by atoms with Gasteiger partial charge in [0.05, 0.1) is 0 Å². The molecule has 0 fully saturated rings. The molecular weight excluding hydrogens is 973 g/mol. The predicted molar refractivity (Wildman–Crippen MR) is 344 cm³/mol. The van der Waals surface area contributed by atoms with E-state index in [9.17, 15) is 14.4 Å². The zero-order valence-electron chi connectivity index (χ0n) is 52.6. The Kier molecular flexibility index (Phi) is 64.7. The maximum Gasteiger partial charge on any atom is 0.306 e. The normalized spacial score (nSPS) is 12.5. The third-order valence-electron chi connectivity index (χ3n) is 15.2. The summed E-state index contributed by atoms with van der Waals surface area (Å²) in [5, 5.41) is 0. The van der Waals surface area contributed by atoms with E-state index >= 15 is 0 Å². The van der Waals surface area contributed by atoms with Crippen LogP contribution in [-0.4, -0.2) is 37.2 Å². The molecule has 0 spiro atoms. The maximum absolute atomic E-state index is 13.0. The van der Waals surface area contributed by atoms with Crippen LogP contribution in [0.2, 0.25) is 0 Å². The van der Waals surface area contributed by atoms with Gasteiger partial charge in [-0.05, 0) is 116 Å². The van der Waals surface area contributed by atoms with Gasteiger partial charge in [0.1, 0.15) is 13.2 Å². The summed E-state index contributed by atoms with van der Waals surface area (Å²) in [5.41, 5.74) is 0. The van der Waals surface area contributed by atoms with Gasteiger partial charge in [-0.15, -0.1) is 0 Å². The summed E-state index contributed by atoms with van der Waals surface area (Å²) in [6, 6.07) is 0. The molecule has 0 radical (unpaired) electrons. The van der Waals surface area contributed by atoms with Crippen molar-refractivity contribution in [3.05, 3.63) is 72.9 Å². The average Bonchev–Trinajstić information content (AvgIpc) is 3.45. The zero-order valence-corrected chi connectivity index (χ0v) is 52.6. The molecule has 1 unspecified atom stereocenters. The largest absolute Gasteiger partial charge is 0.462 e. The first-order chi connectivity index (χ1) is 39.0. The van der Waals surface area contributed by atoms with Crippen LogP contribution in [0.5, 0.6) is 0 Å². The van der Waals surface area contributed by atoms with Crippen LogP contribution in [0, 0.1) is 0 Å². The van der Waals surface area contributed by atoms with Gasteiger partial charge in [0.15, 0.2) is 6.10 Å². The van der Waals surface area contributed by atoms with Crippen LogP contribution in [0.25, 0.3) is 0 Å². The Labute approximate surface area is 491 Å². The van der Waals surface area contributed by atoms with Crippen LogP contribution < -0.4 is 0 Å². The molecule has 0 aliphatic heterocycles. The topological polar surface area (TPSA) is 78.9 Å². The molecule has 0 saturated carbocycles. The second-order valence-electron chi connectivity index (χ2n) is 23.1. The molecule has 1 atom stereocenters. The van der Waals surface area contributed by atoms with Crippen molar-refractivity contribution in [3.63, 3.8) is 0 Å². The maximum atomic E-state index is 13.0. The number of esters is 3. The van der Waals surface area contributed by atoms with Crippen molar-refractivity contribution in [2.45, 2.75) is 361 Å². The molecule has 79 heavy (non-hydrogen) atoms. The van der Waals surface area contributed by atoms with Crippen molar-refractivity contribution in [2.24, 2.45) is 0 Å². The van der Waals surface area contributed by atoms with E-state index in [-0.39, 0.29) is 31.1 Å². The monoisotopic (exact) mass is 1100 g/mol. The average molecular weight is 1100 g/mol. The van der Waals surface area contributed by atoms with E-state index in [0.29, 0.717) is 19.3 Å². The molecule has 6 heteroatoms. The Morgan fingerprint density at radius 1 is 0.253 bits per heavy atom. The summed E-state index contributed by atoms with van der Waals surface area (Å²) in [6.45, 7) is 6.65. The molecule has 0 aliphatic rings. The number of allylic oxidation sites excluding steroid dienone is 12. The van der Waals surface area contributed by atoms with Gasteiger partial charge in [-0.25, -0.2) is 0 Å². The fraction of sp³-hybridized carbons (Fsp3) is 0.795. The number of ether oxygens (including phenoxy) is 3. The Bertz CT molecular complexity index is 1450. The Morgan fingerprint density at radius 2 is 0.456 bits per heavy atom. The molecule has 0 N–H and O–H groups in total. The number of rotatable bonds is 63. The number of carbonyl (C=O) groups excluding carboxylic acids is 3. The molecule has 0 bridgehead atoms. The number of hydrogen-bond acceptors (Lipinski definition) is 6. The minimum absolute atomic E-state index is 0.0808. The number of unbranched alkanes of at least 4 members (excludes halogenated alkanes) is 40. The summed E-state index contributed by atoms with van der Waals surface area (Å²) in [6.07, 6.45) is 87.6. The highest BCUT2D eigenvalue weighted by molar-refractivity contribution is 5.71. The van der Waals surface area contributed by atoms with Crippen molar-refractivity contribution in [3.8, 4) is 0 Å². The van der Waals surface area contributed by atoms with Crippen LogP contribution in [0.15, 0.2) is 72.9 Å². The summed E-state index contributed by atoms with van der Waals surface area (Å²) in [7, 11) is 0. The second kappa shape index (κ2) is 67.4. The third-order valence-corrected chi connectivity index (χ3v) is 15.2. The van der Waals surface area contributed by atoms with E-state index in [1.54, 1.807) is 0 Å². The first-order valence-corrected chi connectivity index (χ1v) is 34.4. The predicted octanol–water partition coefficient (Wildman–Crippen LogP) is 23.7. The molecule has 0 aromatic heterocycles. The van der Waals surface area contributed by atoms with Crippen LogP contribution in [-0.2, 0) is 28.6 Å². The minimum Gasteiger partial charge on any atom is -0.462 e. The fourth-order valence-electron chi connectivity index (χ4n) is 9.95. The minimum atomic E-state index is -0.786. The van der Waals surface area contributed by atoms with E-state index < -0.39 is 6.10 Å². The number of carbonyl (C=O) groups is 3. The lowest BCUT2D eigenvalue weighted by atomic mass is 10.1. The van der Waals surface area contributed by atoms with Gasteiger partial charge in [0, 0.05) is 19.3 Å². The van der Waals surface area contributed by atoms with Gasteiger partial charge in [0.25, 0.3) is 0 Å². The quantitative estimate of drug-likeness (QED) is 0.0261. The van der Waals surface area contributed by atoms with E-state index in [0.717, 1.165) is 83.5 Å². The Balaban J connectivity index is 4.40. The van der Waals surface area contributed by atoms with Gasteiger partial charge < -0.3 is 14.2 Å². The molecule has 0 amide bonds. The lowest BCUT2D eigenvalue weighted by Gasteiger charge is -2.18. The fourth-order valence-corrected chi connectivity index (χ4v) is 9.95. The van der Waals surface area contributed by atoms with Gasteiger partial charge in [-0.3, -0.25) is 14.4 Å². The van der Waals surface area contributed by atoms with Crippen LogP contribution in [0.4, 0.5) is 0 Å². The van der Waals surface area contributed by atoms with Crippen molar-refractivity contribution in [1.82, 2.24) is 0 Å². The molecular formula is C73H130O6. The molecule has 0 saturated heterocycles.